The summed E-state index contributed by atoms with van der Waals surface area (Å²) in [5, 5.41) is 0.893. The van der Waals surface area contributed by atoms with E-state index in [1.807, 2.05) is 0 Å². The maximum absolute atomic E-state index is 12.2. The second-order valence-electron chi connectivity index (χ2n) is 3.61. The molecule has 17 heavy (non-hydrogen) atoms. The Morgan fingerprint density at radius 2 is 2.12 bits per heavy atom. The molecule has 0 aliphatic rings. The number of hydrogen-bond acceptors (Lipinski definition) is 2. The minimum Gasteiger partial charge on any atom is -0.433 e. The largest absolute Gasteiger partial charge is 0.433 e. The fraction of sp³-hybridized carbons (Fsp3) is 0.167. The van der Waals surface area contributed by atoms with E-state index in [2.05, 4.69) is 16.6 Å². The van der Waals surface area contributed by atoms with Crippen molar-refractivity contribution in [3.05, 3.63) is 41.4 Å². The summed E-state index contributed by atoms with van der Waals surface area (Å²) < 4.78 is 28.9. The Hall–Kier alpha value is -1.42. The quantitative estimate of drug-likeness (QED) is 0.811. The van der Waals surface area contributed by atoms with Gasteiger partial charge in [-0.1, -0.05) is 11.6 Å². The Bertz CT molecular complexity index is 572. The fourth-order valence-corrected chi connectivity index (χ4v) is 1.98. The minimum atomic E-state index is -2.91. The van der Waals surface area contributed by atoms with Gasteiger partial charge in [-0.05, 0) is 31.5 Å². The number of fused-ring (bicyclic) bond motifs is 1. The summed E-state index contributed by atoms with van der Waals surface area (Å²) >= 11 is 5.90. The van der Waals surface area contributed by atoms with E-state index in [0.29, 0.717) is 11.1 Å². The van der Waals surface area contributed by atoms with Crippen molar-refractivity contribution >= 4 is 22.5 Å². The lowest BCUT2D eigenvalue weighted by Crippen LogP contribution is -2.04. The van der Waals surface area contributed by atoms with Crippen molar-refractivity contribution in [2.24, 2.45) is 0 Å². The minimum absolute atomic E-state index is 0.0292. The van der Waals surface area contributed by atoms with Crippen LogP contribution >= 0.6 is 11.6 Å². The molecule has 0 aliphatic heterocycles. The second kappa shape index (κ2) is 4.45. The van der Waals surface area contributed by atoms with Gasteiger partial charge in [0.25, 0.3) is 0 Å². The Morgan fingerprint density at radius 3 is 2.76 bits per heavy atom. The highest BCUT2D eigenvalue weighted by Crippen LogP contribution is 2.35. The van der Waals surface area contributed by atoms with Gasteiger partial charge in [-0.2, -0.15) is 8.78 Å². The molecule has 5 heteroatoms. The Balaban J connectivity index is 2.67. The first kappa shape index (κ1) is 12.0. The van der Waals surface area contributed by atoms with E-state index in [1.54, 1.807) is 25.3 Å². The molecule has 2 rings (SSSR count). The topological polar surface area (TPSA) is 22.1 Å². The zero-order valence-electron chi connectivity index (χ0n) is 9.01. The van der Waals surface area contributed by atoms with Crippen LogP contribution in [0.25, 0.3) is 10.9 Å². The van der Waals surface area contributed by atoms with Crippen molar-refractivity contribution in [3.8, 4) is 5.75 Å². The van der Waals surface area contributed by atoms with E-state index in [-0.39, 0.29) is 10.8 Å². The van der Waals surface area contributed by atoms with Crippen LogP contribution < -0.4 is 4.74 Å². The molecule has 0 aliphatic carbocycles. The number of pyridine rings is 1. The molecule has 0 amide bonds. The van der Waals surface area contributed by atoms with Gasteiger partial charge in [0.2, 0.25) is 0 Å². The van der Waals surface area contributed by atoms with Gasteiger partial charge in [-0.25, -0.2) is 0 Å². The highest BCUT2D eigenvalue weighted by molar-refractivity contribution is 6.33. The van der Waals surface area contributed by atoms with Crippen LogP contribution in [0.2, 0.25) is 5.02 Å². The molecule has 2 aromatic rings. The summed E-state index contributed by atoms with van der Waals surface area (Å²) in [7, 11) is 0. The van der Waals surface area contributed by atoms with E-state index in [4.69, 9.17) is 11.6 Å². The third kappa shape index (κ3) is 2.31. The predicted molar refractivity (Wildman–Crippen MR) is 62.6 cm³/mol. The van der Waals surface area contributed by atoms with E-state index >= 15 is 0 Å². The van der Waals surface area contributed by atoms with Crippen LogP contribution in [-0.2, 0) is 0 Å². The molecule has 89 valence electrons. The molecule has 0 fully saturated rings. The van der Waals surface area contributed by atoms with Crippen LogP contribution in [0.5, 0.6) is 5.75 Å². The maximum atomic E-state index is 12.2. The van der Waals surface area contributed by atoms with Crippen molar-refractivity contribution in [3.63, 3.8) is 0 Å². The van der Waals surface area contributed by atoms with Gasteiger partial charge in [0.15, 0.2) is 0 Å². The molecule has 0 N–H and O–H groups in total. The van der Waals surface area contributed by atoms with Crippen molar-refractivity contribution in [2.75, 3.05) is 0 Å². The van der Waals surface area contributed by atoms with Gasteiger partial charge in [0.05, 0.1) is 10.5 Å². The molecule has 0 spiro atoms. The Labute approximate surface area is 102 Å². The lowest BCUT2D eigenvalue weighted by atomic mass is 10.1. The summed E-state index contributed by atoms with van der Waals surface area (Å²) in [5.74, 6) is -0.0292. The predicted octanol–water partition coefficient (Wildman–Crippen LogP) is 3.98. The summed E-state index contributed by atoms with van der Waals surface area (Å²) in [5.41, 5.74) is 1.81. The molecule has 1 heterocycles. The van der Waals surface area contributed by atoms with Gasteiger partial charge >= 0.3 is 6.61 Å². The first-order chi connectivity index (χ1) is 7.99. The van der Waals surface area contributed by atoms with Crippen LogP contribution in [0.3, 0.4) is 0 Å². The van der Waals surface area contributed by atoms with Gasteiger partial charge < -0.3 is 4.74 Å². The highest BCUT2D eigenvalue weighted by Gasteiger charge is 2.15. The molecule has 2 nitrogen and oxygen atoms in total. The van der Waals surface area contributed by atoms with E-state index in [1.165, 1.54) is 0 Å². The standard InChI is InChI=1S/C12H9ClF2NO/c1-6-3-8-4-9(13)11(17-12(14)15)7(2)10(8)16-5-6/h3-5,12H,1H2,2H3. The lowest BCUT2D eigenvalue weighted by Gasteiger charge is -2.12. The smallest absolute Gasteiger partial charge is 0.387 e. The molecule has 1 aromatic heterocycles. The summed E-state index contributed by atoms with van der Waals surface area (Å²) in [6.45, 7) is 2.48. The number of alkyl halides is 2. The Morgan fingerprint density at radius 1 is 1.41 bits per heavy atom. The van der Waals surface area contributed by atoms with Crippen LogP contribution in [0.1, 0.15) is 11.1 Å². The number of benzene rings is 1. The molecule has 1 radical (unpaired) electrons. The maximum Gasteiger partial charge on any atom is 0.387 e. The van der Waals surface area contributed by atoms with Crippen LogP contribution in [-0.4, -0.2) is 11.6 Å². The highest BCUT2D eigenvalue weighted by atomic mass is 35.5. The Kier molecular flexibility index (Phi) is 3.15. The first-order valence-corrected chi connectivity index (χ1v) is 5.22. The summed E-state index contributed by atoms with van der Waals surface area (Å²) in [6, 6.07) is 3.33. The number of ether oxygens (including phenoxy) is 1. The second-order valence-corrected chi connectivity index (χ2v) is 4.01. The van der Waals surface area contributed by atoms with Gasteiger partial charge in [-0.15, -0.1) is 0 Å². The number of halogens is 3. The summed E-state index contributed by atoms with van der Waals surface area (Å²) in [4.78, 5) is 4.14. The molecular formula is C12H9ClF2NO. The number of nitrogens with zero attached hydrogens (tertiary/aromatic N) is 1. The number of rotatable bonds is 2. The lowest BCUT2D eigenvalue weighted by molar-refractivity contribution is -0.0501. The monoisotopic (exact) mass is 256 g/mol. The molecule has 0 saturated heterocycles. The number of hydrogen-bond donors (Lipinski definition) is 0. The van der Waals surface area contributed by atoms with Crippen molar-refractivity contribution in [1.82, 2.24) is 4.98 Å². The molecule has 1 aromatic carbocycles. The fourth-order valence-electron chi connectivity index (χ4n) is 1.67. The van der Waals surface area contributed by atoms with Gasteiger partial charge in [-0.3, -0.25) is 4.98 Å². The zero-order valence-corrected chi connectivity index (χ0v) is 9.76. The summed E-state index contributed by atoms with van der Waals surface area (Å²) in [6.07, 6.45) is 1.56. The average molecular weight is 257 g/mol. The average Bonchev–Trinajstić information content (AvgIpc) is 2.23. The SMILES string of the molecule is [CH2]c1cnc2c(C)c(OC(F)F)c(Cl)cc2c1. The molecule has 0 unspecified atom stereocenters. The molecule has 0 saturated carbocycles. The molecular weight excluding hydrogens is 248 g/mol. The van der Waals surface area contributed by atoms with Gasteiger partial charge in [0, 0.05) is 17.1 Å². The molecule has 0 bridgehead atoms. The number of aryl methyl sites for hydroxylation is 1. The molecule has 0 atom stereocenters. The third-order valence-electron chi connectivity index (χ3n) is 2.38. The van der Waals surface area contributed by atoms with Crippen molar-refractivity contribution < 1.29 is 13.5 Å². The van der Waals surface area contributed by atoms with Crippen molar-refractivity contribution in [2.45, 2.75) is 13.5 Å². The van der Waals surface area contributed by atoms with Crippen LogP contribution in [0, 0.1) is 13.8 Å². The van der Waals surface area contributed by atoms with E-state index in [9.17, 15) is 8.78 Å². The van der Waals surface area contributed by atoms with E-state index < -0.39 is 6.61 Å². The van der Waals surface area contributed by atoms with Crippen molar-refractivity contribution in [1.29, 1.82) is 0 Å². The van der Waals surface area contributed by atoms with Crippen LogP contribution in [0.15, 0.2) is 18.3 Å². The first-order valence-electron chi connectivity index (χ1n) is 4.84. The van der Waals surface area contributed by atoms with E-state index in [0.717, 1.165) is 10.9 Å². The normalized spacial score (nSPS) is 11.2. The third-order valence-corrected chi connectivity index (χ3v) is 2.66. The van der Waals surface area contributed by atoms with Crippen LogP contribution in [0.4, 0.5) is 8.78 Å². The zero-order chi connectivity index (χ0) is 12.6. The number of aromatic nitrogens is 1. The van der Waals surface area contributed by atoms with Gasteiger partial charge in [0.1, 0.15) is 5.75 Å².